The van der Waals surface area contributed by atoms with Gasteiger partial charge in [0.25, 0.3) is 0 Å². The Bertz CT molecular complexity index is 227. The van der Waals surface area contributed by atoms with Crippen LogP contribution in [-0.4, -0.2) is 25.3 Å². The lowest BCUT2D eigenvalue weighted by Gasteiger charge is -2.29. The molecule has 18 heavy (non-hydrogen) atoms. The van der Waals surface area contributed by atoms with Crippen molar-refractivity contribution >= 4 is 0 Å². The molecule has 1 saturated carbocycles. The van der Waals surface area contributed by atoms with Gasteiger partial charge in [0.1, 0.15) is 0 Å². The van der Waals surface area contributed by atoms with E-state index in [2.05, 4.69) is 33.0 Å². The van der Waals surface area contributed by atoms with Gasteiger partial charge in [-0.25, -0.2) is 0 Å². The van der Waals surface area contributed by atoms with Gasteiger partial charge in [-0.3, -0.25) is 0 Å². The van der Waals surface area contributed by atoms with Gasteiger partial charge in [0.15, 0.2) is 0 Å². The Hall–Kier alpha value is -0.0800. The number of ether oxygens (including phenoxy) is 1. The predicted molar refractivity (Wildman–Crippen MR) is 78.9 cm³/mol. The van der Waals surface area contributed by atoms with Gasteiger partial charge in [0, 0.05) is 13.2 Å². The summed E-state index contributed by atoms with van der Waals surface area (Å²) < 4.78 is 5.55. The fourth-order valence-corrected chi connectivity index (χ4v) is 3.06. The molecular weight excluding hydrogens is 222 g/mol. The molecule has 0 aromatic rings. The topological polar surface area (TPSA) is 21.3 Å². The molecule has 0 radical (unpaired) electrons. The molecule has 0 amide bonds. The van der Waals surface area contributed by atoms with E-state index in [1.54, 1.807) is 0 Å². The molecule has 2 heteroatoms. The van der Waals surface area contributed by atoms with Gasteiger partial charge in [-0.2, -0.15) is 0 Å². The molecule has 1 aliphatic rings. The SMILES string of the molecule is CCCNC(CCC(C)(C)OC)C1CCC(C)C1. The number of nitrogens with one attached hydrogen (secondary N) is 1. The molecule has 0 bridgehead atoms. The molecule has 0 saturated heterocycles. The van der Waals surface area contributed by atoms with Crippen molar-refractivity contribution in [2.24, 2.45) is 11.8 Å². The molecule has 3 atom stereocenters. The minimum Gasteiger partial charge on any atom is -0.379 e. The highest BCUT2D eigenvalue weighted by Crippen LogP contribution is 2.34. The Balaban J connectivity index is 2.45. The van der Waals surface area contributed by atoms with Crippen molar-refractivity contribution in [3.8, 4) is 0 Å². The number of rotatable bonds is 8. The molecule has 0 aliphatic heterocycles. The van der Waals surface area contributed by atoms with Crippen molar-refractivity contribution in [1.82, 2.24) is 5.32 Å². The second kappa shape index (κ2) is 7.49. The molecule has 0 aromatic carbocycles. The zero-order valence-corrected chi connectivity index (χ0v) is 13.1. The first kappa shape index (κ1) is 16.0. The maximum absolute atomic E-state index is 5.55. The first-order valence-corrected chi connectivity index (χ1v) is 7.77. The van der Waals surface area contributed by atoms with Gasteiger partial charge in [-0.1, -0.05) is 20.3 Å². The normalized spacial score (nSPS) is 26.5. The predicted octanol–water partition coefficient (Wildman–Crippen LogP) is 4.00. The van der Waals surface area contributed by atoms with Crippen LogP contribution < -0.4 is 5.32 Å². The van der Waals surface area contributed by atoms with Gasteiger partial charge in [-0.05, 0) is 64.3 Å². The maximum atomic E-state index is 5.55. The summed E-state index contributed by atoms with van der Waals surface area (Å²) in [5, 5.41) is 3.77. The van der Waals surface area contributed by atoms with E-state index in [4.69, 9.17) is 4.74 Å². The molecule has 1 N–H and O–H groups in total. The highest BCUT2D eigenvalue weighted by molar-refractivity contribution is 4.85. The maximum Gasteiger partial charge on any atom is 0.0623 e. The van der Waals surface area contributed by atoms with E-state index in [-0.39, 0.29) is 5.60 Å². The van der Waals surface area contributed by atoms with Crippen LogP contribution in [0.3, 0.4) is 0 Å². The first-order chi connectivity index (χ1) is 8.48. The summed E-state index contributed by atoms with van der Waals surface area (Å²) in [7, 11) is 1.83. The van der Waals surface area contributed by atoms with Crippen molar-refractivity contribution in [3.63, 3.8) is 0 Å². The van der Waals surface area contributed by atoms with E-state index in [0.717, 1.165) is 24.8 Å². The molecule has 0 heterocycles. The average molecular weight is 255 g/mol. The Morgan fingerprint density at radius 3 is 2.56 bits per heavy atom. The van der Waals surface area contributed by atoms with E-state index in [0.29, 0.717) is 6.04 Å². The molecule has 108 valence electrons. The summed E-state index contributed by atoms with van der Waals surface area (Å²) >= 11 is 0. The first-order valence-electron chi connectivity index (χ1n) is 7.77. The van der Waals surface area contributed by atoms with Crippen molar-refractivity contribution in [2.75, 3.05) is 13.7 Å². The zero-order chi connectivity index (χ0) is 13.6. The van der Waals surface area contributed by atoms with Gasteiger partial charge >= 0.3 is 0 Å². The molecule has 3 unspecified atom stereocenters. The Labute approximate surface area is 114 Å². The van der Waals surface area contributed by atoms with Crippen molar-refractivity contribution in [3.05, 3.63) is 0 Å². The fraction of sp³-hybridized carbons (Fsp3) is 1.00. The number of methoxy groups -OCH3 is 1. The van der Waals surface area contributed by atoms with Gasteiger partial charge < -0.3 is 10.1 Å². The molecule has 0 aromatic heterocycles. The second-order valence-electron chi connectivity index (χ2n) is 6.74. The van der Waals surface area contributed by atoms with E-state index in [9.17, 15) is 0 Å². The smallest absolute Gasteiger partial charge is 0.0623 e. The summed E-state index contributed by atoms with van der Waals surface area (Å²) in [5.41, 5.74) is 0.0242. The fourth-order valence-electron chi connectivity index (χ4n) is 3.06. The van der Waals surface area contributed by atoms with E-state index in [1.165, 1.54) is 32.1 Å². The molecule has 1 aliphatic carbocycles. The van der Waals surface area contributed by atoms with Crippen LogP contribution in [-0.2, 0) is 4.74 Å². The molecule has 1 fully saturated rings. The zero-order valence-electron chi connectivity index (χ0n) is 13.1. The lowest BCUT2D eigenvalue weighted by molar-refractivity contribution is 0.0102. The van der Waals surface area contributed by atoms with Crippen LogP contribution in [0.5, 0.6) is 0 Å². The Kier molecular flexibility index (Phi) is 6.65. The third kappa shape index (κ3) is 5.27. The summed E-state index contributed by atoms with van der Waals surface area (Å²) in [5.74, 6) is 1.82. The lowest BCUT2D eigenvalue weighted by atomic mass is 9.89. The van der Waals surface area contributed by atoms with Crippen LogP contribution in [0.1, 0.15) is 66.2 Å². The number of hydrogen-bond acceptors (Lipinski definition) is 2. The van der Waals surface area contributed by atoms with Crippen molar-refractivity contribution in [1.29, 1.82) is 0 Å². The van der Waals surface area contributed by atoms with Crippen LogP contribution in [0.2, 0.25) is 0 Å². The third-order valence-electron chi connectivity index (χ3n) is 4.57. The summed E-state index contributed by atoms with van der Waals surface area (Å²) in [6, 6.07) is 0.698. The standard InChI is InChI=1S/C16H33NO/c1-6-11-17-15(9-10-16(3,4)18-5)14-8-7-13(2)12-14/h13-15,17H,6-12H2,1-5H3. The van der Waals surface area contributed by atoms with Crippen LogP contribution in [0.4, 0.5) is 0 Å². The van der Waals surface area contributed by atoms with Gasteiger partial charge in [0.2, 0.25) is 0 Å². The largest absolute Gasteiger partial charge is 0.379 e. The van der Waals surface area contributed by atoms with Gasteiger partial charge in [0.05, 0.1) is 5.60 Å². The van der Waals surface area contributed by atoms with E-state index < -0.39 is 0 Å². The van der Waals surface area contributed by atoms with Gasteiger partial charge in [-0.15, -0.1) is 0 Å². The highest BCUT2D eigenvalue weighted by atomic mass is 16.5. The molecular formula is C16H33NO. The van der Waals surface area contributed by atoms with Crippen molar-refractivity contribution in [2.45, 2.75) is 77.9 Å². The van der Waals surface area contributed by atoms with E-state index in [1.807, 2.05) is 7.11 Å². The van der Waals surface area contributed by atoms with Crippen LogP contribution in [0.25, 0.3) is 0 Å². The average Bonchev–Trinajstić information content (AvgIpc) is 2.76. The van der Waals surface area contributed by atoms with E-state index >= 15 is 0 Å². The Morgan fingerprint density at radius 2 is 2.06 bits per heavy atom. The second-order valence-corrected chi connectivity index (χ2v) is 6.74. The number of hydrogen-bond donors (Lipinski definition) is 1. The summed E-state index contributed by atoms with van der Waals surface area (Å²) in [6.07, 6.45) is 7.87. The molecule has 1 rings (SSSR count). The molecule has 2 nitrogen and oxygen atoms in total. The van der Waals surface area contributed by atoms with Crippen LogP contribution >= 0.6 is 0 Å². The molecule has 0 spiro atoms. The van der Waals surface area contributed by atoms with Crippen molar-refractivity contribution < 1.29 is 4.74 Å². The van der Waals surface area contributed by atoms with Crippen LogP contribution in [0.15, 0.2) is 0 Å². The third-order valence-corrected chi connectivity index (χ3v) is 4.57. The minimum atomic E-state index is 0.0242. The summed E-state index contributed by atoms with van der Waals surface area (Å²) in [6.45, 7) is 10.2. The lowest BCUT2D eigenvalue weighted by Crippen LogP contribution is -2.38. The highest BCUT2D eigenvalue weighted by Gasteiger charge is 2.29. The quantitative estimate of drug-likeness (QED) is 0.708. The Morgan fingerprint density at radius 1 is 1.33 bits per heavy atom. The minimum absolute atomic E-state index is 0.0242. The summed E-state index contributed by atoms with van der Waals surface area (Å²) in [4.78, 5) is 0. The monoisotopic (exact) mass is 255 g/mol. The van der Waals surface area contributed by atoms with Crippen LogP contribution in [0, 0.1) is 11.8 Å².